The summed E-state index contributed by atoms with van der Waals surface area (Å²) in [7, 11) is 0. The number of carbonyl (C=O) groups excluding carboxylic acids is 5. The molecular formula is C44H44ClN7O6. The van der Waals surface area contributed by atoms with E-state index in [1.54, 1.807) is 30.3 Å². The third-order valence-corrected chi connectivity index (χ3v) is 13.9. The molecule has 3 aromatic rings. The van der Waals surface area contributed by atoms with Crippen LogP contribution in [0, 0.1) is 12.0 Å². The summed E-state index contributed by atoms with van der Waals surface area (Å²) in [6.45, 7) is 13.1. The van der Waals surface area contributed by atoms with Gasteiger partial charge in [-0.15, -0.1) is 0 Å². The van der Waals surface area contributed by atoms with E-state index in [-0.39, 0.29) is 42.8 Å². The Morgan fingerprint density at radius 3 is 2.14 bits per heavy atom. The van der Waals surface area contributed by atoms with Gasteiger partial charge in [0.05, 0.1) is 22.7 Å². The maximum Gasteiger partial charge on any atom is 0.262 e. The Kier molecular flexibility index (Phi) is 8.98. The summed E-state index contributed by atoms with van der Waals surface area (Å²) >= 11 is 6.23. The number of hydrogen-bond donors (Lipinski definition) is 1. The third-order valence-electron chi connectivity index (χ3n) is 13.6. The van der Waals surface area contributed by atoms with Gasteiger partial charge in [-0.05, 0) is 86.7 Å². The van der Waals surface area contributed by atoms with Crippen LogP contribution in [0.5, 0.6) is 5.75 Å². The van der Waals surface area contributed by atoms with Gasteiger partial charge in [-0.3, -0.25) is 39.1 Å². The molecule has 58 heavy (non-hydrogen) atoms. The van der Waals surface area contributed by atoms with Crippen molar-refractivity contribution in [2.24, 2.45) is 5.41 Å². The Balaban J connectivity index is 0.686. The second-order valence-corrected chi connectivity index (χ2v) is 17.6. The molecule has 298 valence electrons. The number of amides is 5. The van der Waals surface area contributed by atoms with Gasteiger partial charge in [0.15, 0.2) is 0 Å². The van der Waals surface area contributed by atoms with Crippen LogP contribution >= 0.6 is 11.6 Å². The van der Waals surface area contributed by atoms with Crippen molar-refractivity contribution in [1.29, 1.82) is 0 Å². The predicted molar refractivity (Wildman–Crippen MR) is 215 cm³/mol. The zero-order valence-electron chi connectivity index (χ0n) is 32.1. The number of ether oxygens (including phenoxy) is 1. The molecule has 7 aliphatic heterocycles. The van der Waals surface area contributed by atoms with E-state index < -0.39 is 23.8 Å². The SMILES string of the molecule is [C-]#[N+]c1ccc(OC2CC3CCC(C2)N3C(=O)c2ccc(N3CC4(C3)CN(C3CCN(c5ccc6c(c5)C(=O)N(C5CCC(=O)NC5=O)C6=O)CC3)C4)cc2)cc1Cl. The number of nitrogens with zero attached hydrogens (tertiary/aromatic N) is 6. The van der Waals surface area contributed by atoms with E-state index in [1.807, 2.05) is 18.2 Å². The molecule has 14 heteroatoms. The highest BCUT2D eigenvalue weighted by Crippen LogP contribution is 2.45. The van der Waals surface area contributed by atoms with E-state index in [4.69, 9.17) is 22.9 Å². The second-order valence-electron chi connectivity index (χ2n) is 17.2. The third kappa shape index (κ3) is 6.28. The van der Waals surface area contributed by atoms with Crippen molar-refractivity contribution in [2.75, 3.05) is 49.1 Å². The van der Waals surface area contributed by atoms with Gasteiger partial charge in [-0.25, -0.2) is 4.85 Å². The van der Waals surface area contributed by atoms with Crippen LogP contribution in [0.4, 0.5) is 17.1 Å². The lowest BCUT2D eigenvalue weighted by atomic mass is 9.71. The number of nitrogens with one attached hydrogen (secondary N) is 1. The highest BCUT2D eigenvalue weighted by atomic mass is 35.5. The lowest BCUT2D eigenvalue weighted by Crippen LogP contribution is -2.74. The Morgan fingerprint density at radius 1 is 0.776 bits per heavy atom. The van der Waals surface area contributed by atoms with Crippen LogP contribution in [0.25, 0.3) is 4.85 Å². The van der Waals surface area contributed by atoms with Crippen LogP contribution in [0.3, 0.4) is 0 Å². The Morgan fingerprint density at radius 2 is 1.47 bits per heavy atom. The van der Waals surface area contributed by atoms with Gasteiger partial charge in [0.2, 0.25) is 17.5 Å². The number of anilines is 2. The molecule has 0 radical (unpaired) electrons. The Bertz CT molecular complexity index is 2260. The number of rotatable bonds is 7. The molecule has 7 aliphatic rings. The second kappa shape index (κ2) is 14.1. The minimum Gasteiger partial charge on any atom is -0.490 e. The quantitative estimate of drug-likeness (QED) is 0.250. The Hall–Kier alpha value is -5.45. The average Bonchev–Trinajstić information content (AvgIpc) is 3.60. The van der Waals surface area contributed by atoms with Gasteiger partial charge in [-0.2, -0.15) is 0 Å². The molecule has 2 bridgehead atoms. The normalized spacial score (nSPS) is 26.6. The van der Waals surface area contributed by atoms with E-state index in [0.717, 1.165) is 99.6 Å². The van der Waals surface area contributed by atoms with E-state index >= 15 is 0 Å². The van der Waals surface area contributed by atoms with Crippen LogP contribution < -0.4 is 19.9 Å². The first-order chi connectivity index (χ1) is 28.1. The molecule has 3 unspecified atom stereocenters. The standard InChI is InChI=1S/C44H44ClN7O6/c1-46-37-11-9-32(21-36(37)45)58-33-18-30-6-7-31(19-33)51(30)41(55)26-2-4-27(5-3-26)49-22-44(23-49)24-50(25-44)28-14-16-48(17-15-28)29-8-10-34-35(20-29)43(57)52(42(34)56)38-12-13-39(53)47-40(38)54/h2-5,8-11,20-21,28,30-31,33,38H,6-7,12-19,22-25H2,(H,47,53,54). The molecule has 5 amide bonds. The number of carbonyl (C=O) groups is 5. The molecule has 6 fully saturated rings. The van der Waals surface area contributed by atoms with Crippen molar-refractivity contribution in [3.05, 3.63) is 93.8 Å². The van der Waals surface area contributed by atoms with Gasteiger partial charge in [0.25, 0.3) is 17.7 Å². The molecule has 13 nitrogen and oxygen atoms in total. The van der Waals surface area contributed by atoms with E-state index in [1.165, 1.54) is 0 Å². The summed E-state index contributed by atoms with van der Waals surface area (Å²) in [5, 5.41) is 2.64. The first-order valence-electron chi connectivity index (χ1n) is 20.4. The molecule has 0 aliphatic carbocycles. The number of likely N-dealkylation sites (tertiary alicyclic amines) is 1. The minimum absolute atomic E-state index is 0.00767. The highest BCUT2D eigenvalue weighted by molar-refractivity contribution is 6.33. The van der Waals surface area contributed by atoms with Crippen molar-refractivity contribution in [2.45, 2.75) is 81.6 Å². The topological polar surface area (TPSA) is 127 Å². The fourth-order valence-electron chi connectivity index (χ4n) is 10.7. The molecule has 3 atom stereocenters. The van der Waals surface area contributed by atoms with Gasteiger partial charge in [0.1, 0.15) is 17.9 Å². The highest BCUT2D eigenvalue weighted by Gasteiger charge is 2.53. The molecule has 1 spiro atoms. The van der Waals surface area contributed by atoms with Crippen LogP contribution in [0.1, 0.15) is 82.4 Å². The zero-order valence-corrected chi connectivity index (χ0v) is 32.8. The summed E-state index contributed by atoms with van der Waals surface area (Å²) in [6.07, 6.45) is 5.79. The summed E-state index contributed by atoms with van der Waals surface area (Å²) in [5.74, 6) is -1.19. The van der Waals surface area contributed by atoms with Crippen molar-refractivity contribution < 1.29 is 28.7 Å². The van der Waals surface area contributed by atoms with Crippen molar-refractivity contribution in [3.63, 3.8) is 0 Å². The minimum atomic E-state index is -0.968. The smallest absolute Gasteiger partial charge is 0.262 e. The van der Waals surface area contributed by atoms with E-state index in [2.05, 4.69) is 41.9 Å². The molecule has 7 heterocycles. The van der Waals surface area contributed by atoms with Crippen LogP contribution in [-0.4, -0.2) is 114 Å². The number of hydrogen-bond acceptors (Lipinski definition) is 9. The lowest BCUT2D eigenvalue weighted by molar-refractivity contribution is -0.136. The molecule has 1 N–H and O–H groups in total. The van der Waals surface area contributed by atoms with Crippen molar-refractivity contribution >= 4 is 58.2 Å². The number of imide groups is 2. The van der Waals surface area contributed by atoms with Crippen LogP contribution in [0.15, 0.2) is 60.7 Å². The maximum absolute atomic E-state index is 13.8. The molecule has 6 saturated heterocycles. The summed E-state index contributed by atoms with van der Waals surface area (Å²) in [4.78, 5) is 78.2. The van der Waals surface area contributed by atoms with Crippen LogP contribution in [-0.2, 0) is 9.59 Å². The molecule has 10 rings (SSSR count). The first kappa shape index (κ1) is 36.9. The number of halogens is 1. The molecular weight excluding hydrogens is 758 g/mol. The number of benzene rings is 3. The first-order valence-corrected chi connectivity index (χ1v) is 20.8. The largest absolute Gasteiger partial charge is 0.490 e. The molecule has 0 saturated carbocycles. The fourth-order valence-corrected chi connectivity index (χ4v) is 10.9. The van der Waals surface area contributed by atoms with Crippen LogP contribution in [0.2, 0.25) is 5.02 Å². The van der Waals surface area contributed by atoms with Gasteiger partial charge < -0.3 is 19.4 Å². The average molecular weight is 802 g/mol. The lowest BCUT2D eigenvalue weighted by Gasteiger charge is -2.63. The van der Waals surface area contributed by atoms with Gasteiger partial charge in [-0.1, -0.05) is 17.7 Å². The van der Waals surface area contributed by atoms with Gasteiger partial charge in [0, 0.05) is 99.0 Å². The number of piperidine rings is 3. The summed E-state index contributed by atoms with van der Waals surface area (Å²) in [5.41, 5.74) is 4.13. The summed E-state index contributed by atoms with van der Waals surface area (Å²) in [6, 6.07) is 18.5. The molecule has 3 aromatic carbocycles. The van der Waals surface area contributed by atoms with E-state index in [9.17, 15) is 24.0 Å². The number of fused-ring (bicyclic) bond motifs is 3. The van der Waals surface area contributed by atoms with Crippen molar-refractivity contribution in [3.8, 4) is 5.75 Å². The van der Waals surface area contributed by atoms with Gasteiger partial charge >= 0.3 is 0 Å². The Labute approximate surface area is 341 Å². The monoisotopic (exact) mass is 801 g/mol. The molecule has 0 aromatic heterocycles. The van der Waals surface area contributed by atoms with Crippen molar-refractivity contribution in [1.82, 2.24) is 20.0 Å². The zero-order chi connectivity index (χ0) is 39.9. The summed E-state index contributed by atoms with van der Waals surface area (Å²) < 4.78 is 6.27. The predicted octanol–water partition coefficient (Wildman–Crippen LogP) is 5.30. The maximum atomic E-state index is 13.8. The van der Waals surface area contributed by atoms with E-state index in [0.29, 0.717) is 39.0 Å². The fraction of sp³-hybridized carbons (Fsp3) is 0.455.